The number of benzene rings is 2. The summed E-state index contributed by atoms with van der Waals surface area (Å²) in [7, 11) is 1.68. The monoisotopic (exact) mass is 422 g/mol. The van der Waals surface area contributed by atoms with Gasteiger partial charge in [0.1, 0.15) is 5.82 Å². The average Bonchev–Trinajstić information content (AvgIpc) is 3.10. The number of aromatic nitrogens is 2. The van der Waals surface area contributed by atoms with Crippen LogP contribution in [0.3, 0.4) is 0 Å². The third-order valence-corrected chi connectivity index (χ3v) is 7.89. The molecule has 0 radical (unpaired) electrons. The second-order valence-electron chi connectivity index (χ2n) is 9.56. The highest BCUT2D eigenvalue weighted by atomic mass is 19.1. The number of ether oxygens (including phenoxy) is 1. The van der Waals surface area contributed by atoms with Crippen LogP contribution < -0.4 is 0 Å². The standard InChI is InChI=1S/C26H31FN2O2/c1-3-26-12-11-25(30,17-31-2)15-20(26)6-4-5-18-14-24-19(13-23(18)26)16-28-29(24)22-9-7-21(27)8-10-22/h7-10,13-14,16,20,30H,3-6,11-12,15,17H2,1-2H3/t20-,25+,26+/m1/s1. The van der Waals surface area contributed by atoms with Gasteiger partial charge in [-0.2, -0.15) is 5.10 Å². The predicted molar refractivity (Wildman–Crippen MR) is 120 cm³/mol. The fourth-order valence-electron chi connectivity index (χ4n) is 6.32. The molecular formula is C26H31FN2O2. The van der Waals surface area contributed by atoms with Gasteiger partial charge in [-0.15, -0.1) is 0 Å². The second kappa shape index (κ2) is 7.72. The van der Waals surface area contributed by atoms with Crippen molar-refractivity contribution in [2.75, 3.05) is 13.7 Å². The Morgan fingerprint density at radius 3 is 2.77 bits per heavy atom. The molecule has 1 saturated carbocycles. The van der Waals surface area contributed by atoms with E-state index in [-0.39, 0.29) is 11.2 Å². The van der Waals surface area contributed by atoms with Crippen LogP contribution in [0.1, 0.15) is 56.6 Å². The molecule has 164 valence electrons. The number of hydrogen-bond acceptors (Lipinski definition) is 3. The quantitative estimate of drug-likeness (QED) is 0.618. The Bertz CT molecular complexity index is 1090. The van der Waals surface area contributed by atoms with E-state index in [9.17, 15) is 9.50 Å². The van der Waals surface area contributed by atoms with E-state index in [4.69, 9.17) is 4.74 Å². The Labute approximate surface area is 183 Å². The van der Waals surface area contributed by atoms with E-state index >= 15 is 0 Å². The van der Waals surface area contributed by atoms with E-state index in [1.165, 1.54) is 23.3 Å². The van der Waals surface area contributed by atoms with E-state index in [1.807, 2.05) is 10.9 Å². The number of fused-ring (bicyclic) bond motifs is 4. The lowest BCUT2D eigenvalue weighted by Crippen LogP contribution is -2.49. The van der Waals surface area contributed by atoms with Crippen molar-refractivity contribution < 1.29 is 14.2 Å². The van der Waals surface area contributed by atoms with Crippen molar-refractivity contribution in [3.63, 3.8) is 0 Å². The number of aliphatic hydroxyl groups is 1. The van der Waals surface area contributed by atoms with Crippen LogP contribution in [0.2, 0.25) is 0 Å². The Morgan fingerprint density at radius 1 is 1.23 bits per heavy atom. The predicted octanol–water partition coefficient (Wildman–Crippen LogP) is 5.33. The molecule has 0 saturated heterocycles. The molecule has 2 aliphatic rings. The number of nitrogens with zero attached hydrogens (tertiary/aromatic N) is 2. The lowest BCUT2D eigenvalue weighted by atomic mass is 9.57. The van der Waals surface area contributed by atoms with Crippen LogP contribution >= 0.6 is 0 Å². The molecule has 5 rings (SSSR count). The molecule has 31 heavy (non-hydrogen) atoms. The molecule has 1 heterocycles. The molecule has 1 N–H and O–H groups in total. The highest BCUT2D eigenvalue weighted by Gasteiger charge is 2.49. The second-order valence-corrected chi connectivity index (χ2v) is 9.56. The summed E-state index contributed by atoms with van der Waals surface area (Å²) in [6.07, 6.45) is 8.86. The Morgan fingerprint density at radius 2 is 2.03 bits per heavy atom. The van der Waals surface area contributed by atoms with Crippen LogP contribution in [-0.4, -0.2) is 34.2 Å². The van der Waals surface area contributed by atoms with E-state index in [2.05, 4.69) is 24.2 Å². The fraction of sp³-hybridized carbons (Fsp3) is 0.500. The first-order chi connectivity index (χ1) is 15.0. The largest absolute Gasteiger partial charge is 0.387 e. The lowest BCUT2D eigenvalue weighted by Gasteiger charge is -2.50. The molecule has 5 heteroatoms. The minimum atomic E-state index is -0.708. The summed E-state index contributed by atoms with van der Waals surface area (Å²) in [5, 5.41) is 16.9. The topological polar surface area (TPSA) is 47.3 Å². The molecule has 2 aromatic carbocycles. The van der Waals surface area contributed by atoms with Crippen molar-refractivity contribution in [2.45, 2.75) is 62.9 Å². The normalized spacial score (nSPS) is 28.2. The average molecular weight is 423 g/mol. The van der Waals surface area contributed by atoms with Crippen LogP contribution in [0.5, 0.6) is 0 Å². The van der Waals surface area contributed by atoms with E-state index in [0.717, 1.165) is 61.5 Å². The Balaban J connectivity index is 1.60. The van der Waals surface area contributed by atoms with Gasteiger partial charge in [-0.05, 0) is 104 Å². The SMILES string of the molecule is CC[C@]12CC[C@@](O)(COC)C[C@H]1CCCc1cc3c(cnn3-c3ccc(F)cc3)cc12. The third-order valence-electron chi connectivity index (χ3n) is 7.89. The molecule has 3 aromatic rings. The van der Waals surface area contributed by atoms with Gasteiger partial charge in [0.15, 0.2) is 0 Å². The molecule has 0 bridgehead atoms. The number of aryl methyl sites for hydroxylation is 1. The van der Waals surface area contributed by atoms with Crippen LogP contribution in [0.25, 0.3) is 16.6 Å². The molecule has 2 aliphatic carbocycles. The Kier molecular flexibility index (Phi) is 5.14. The van der Waals surface area contributed by atoms with Gasteiger partial charge in [0.25, 0.3) is 0 Å². The fourth-order valence-corrected chi connectivity index (χ4v) is 6.32. The Hall–Kier alpha value is -2.24. The molecule has 3 atom stereocenters. The molecule has 0 unspecified atom stereocenters. The summed E-state index contributed by atoms with van der Waals surface area (Å²) in [6, 6.07) is 11.2. The van der Waals surface area contributed by atoms with Crippen LogP contribution in [0.4, 0.5) is 4.39 Å². The van der Waals surface area contributed by atoms with Crippen molar-refractivity contribution >= 4 is 10.9 Å². The third kappa shape index (κ3) is 3.39. The highest BCUT2D eigenvalue weighted by molar-refractivity contribution is 5.82. The van der Waals surface area contributed by atoms with Crippen molar-refractivity contribution in [1.82, 2.24) is 9.78 Å². The number of rotatable bonds is 4. The zero-order valence-corrected chi connectivity index (χ0v) is 18.4. The van der Waals surface area contributed by atoms with E-state index in [1.54, 1.807) is 19.2 Å². The van der Waals surface area contributed by atoms with Crippen LogP contribution in [0, 0.1) is 11.7 Å². The molecule has 0 amide bonds. The van der Waals surface area contributed by atoms with Crippen molar-refractivity contribution in [1.29, 1.82) is 0 Å². The molecule has 1 fully saturated rings. The molecule has 4 nitrogen and oxygen atoms in total. The first kappa shape index (κ1) is 20.7. The zero-order valence-electron chi connectivity index (χ0n) is 18.4. The van der Waals surface area contributed by atoms with Crippen molar-refractivity contribution in [2.24, 2.45) is 5.92 Å². The van der Waals surface area contributed by atoms with E-state index in [0.29, 0.717) is 12.5 Å². The first-order valence-corrected chi connectivity index (χ1v) is 11.5. The maximum absolute atomic E-state index is 13.4. The van der Waals surface area contributed by atoms with Crippen LogP contribution in [0.15, 0.2) is 42.6 Å². The van der Waals surface area contributed by atoms with Gasteiger partial charge < -0.3 is 9.84 Å². The molecule has 0 spiro atoms. The number of hydrogen-bond donors (Lipinski definition) is 1. The van der Waals surface area contributed by atoms with Crippen LogP contribution in [-0.2, 0) is 16.6 Å². The summed E-state index contributed by atoms with van der Waals surface area (Å²) >= 11 is 0. The van der Waals surface area contributed by atoms with Gasteiger partial charge in [0.2, 0.25) is 0 Å². The zero-order chi connectivity index (χ0) is 21.6. The summed E-state index contributed by atoms with van der Waals surface area (Å²) < 4.78 is 20.7. The molecule has 1 aromatic heterocycles. The summed E-state index contributed by atoms with van der Waals surface area (Å²) in [6.45, 7) is 2.72. The maximum Gasteiger partial charge on any atom is 0.123 e. The number of halogens is 1. The molecular weight excluding hydrogens is 391 g/mol. The number of methoxy groups -OCH3 is 1. The maximum atomic E-state index is 13.4. The van der Waals surface area contributed by atoms with Gasteiger partial charge in [0, 0.05) is 12.5 Å². The van der Waals surface area contributed by atoms with Gasteiger partial charge >= 0.3 is 0 Å². The van der Waals surface area contributed by atoms with Crippen molar-refractivity contribution in [3.05, 3.63) is 59.5 Å². The van der Waals surface area contributed by atoms with Crippen molar-refractivity contribution in [3.8, 4) is 5.69 Å². The smallest absolute Gasteiger partial charge is 0.123 e. The minimum Gasteiger partial charge on any atom is -0.387 e. The minimum absolute atomic E-state index is 0.0952. The summed E-state index contributed by atoms with van der Waals surface area (Å²) in [5.41, 5.74) is 4.18. The van der Waals surface area contributed by atoms with Gasteiger partial charge in [0.05, 0.1) is 29.6 Å². The molecule has 0 aliphatic heterocycles. The van der Waals surface area contributed by atoms with Gasteiger partial charge in [-0.25, -0.2) is 9.07 Å². The summed E-state index contributed by atoms with van der Waals surface area (Å²) in [4.78, 5) is 0. The van der Waals surface area contributed by atoms with Gasteiger partial charge in [-0.1, -0.05) is 6.92 Å². The first-order valence-electron chi connectivity index (χ1n) is 11.5. The summed E-state index contributed by atoms with van der Waals surface area (Å²) in [5.74, 6) is 0.216. The van der Waals surface area contributed by atoms with Gasteiger partial charge in [-0.3, -0.25) is 0 Å². The van der Waals surface area contributed by atoms with E-state index < -0.39 is 5.60 Å². The lowest BCUT2D eigenvalue weighted by molar-refractivity contribution is -0.0903. The highest BCUT2D eigenvalue weighted by Crippen LogP contribution is 2.54.